The lowest BCUT2D eigenvalue weighted by atomic mass is 10.0. The van der Waals surface area contributed by atoms with Gasteiger partial charge in [0.05, 0.1) is 4.90 Å². The molecule has 6 nitrogen and oxygen atoms in total. The smallest absolute Gasteiger partial charge is 0.261 e. The van der Waals surface area contributed by atoms with Gasteiger partial charge < -0.3 is 10.3 Å². The summed E-state index contributed by atoms with van der Waals surface area (Å²) in [6.07, 6.45) is 3.65. The maximum atomic E-state index is 12.7. The first-order chi connectivity index (χ1) is 14.9. The summed E-state index contributed by atoms with van der Waals surface area (Å²) in [5.41, 5.74) is 3.93. The molecule has 1 aromatic heterocycles. The highest BCUT2D eigenvalue weighted by atomic mass is 35.5. The van der Waals surface area contributed by atoms with Crippen LogP contribution in [-0.4, -0.2) is 19.3 Å². The van der Waals surface area contributed by atoms with Crippen LogP contribution in [-0.2, 0) is 14.8 Å². The number of hydrogen-bond donors (Lipinski definition) is 3. The minimum absolute atomic E-state index is 0.0983. The fraction of sp³-hybridized carbons (Fsp3) is 0. The van der Waals surface area contributed by atoms with Gasteiger partial charge in [0.2, 0.25) is 0 Å². The highest BCUT2D eigenvalue weighted by Crippen LogP contribution is 2.36. The fourth-order valence-corrected chi connectivity index (χ4v) is 4.77. The number of aromatic nitrogens is 1. The summed E-state index contributed by atoms with van der Waals surface area (Å²) in [5, 5.41) is 4.27. The first kappa shape index (κ1) is 19.4. The van der Waals surface area contributed by atoms with Gasteiger partial charge in [0, 0.05) is 50.2 Å². The van der Waals surface area contributed by atoms with Crippen LogP contribution in [0.25, 0.3) is 22.6 Å². The van der Waals surface area contributed by atoms with Gasteiger partial charge in [0.15, 0.2) is 0 Å². The largest absolute Gasteiger partial charge is 0.361 e. The zero-order valence-corrected chi connectivity index (χ0v) is 17.6. The van der Waals surface area contributed by atoms with E-state index in [4.69, 9.17) is 11.6 Å². The molecule has 0 radical (unpaired) electrons. The molecular formula is C23H16ClN3O3S. The topological polar surface area (TPSA) is 91.1 Å². The van der Waals surface area contributed by atoms with E-state index >= 15 is 0 Å². The second kappa shape index (κ2) is 7.30. The van der Waals surface area contributed by atoms with E-state index in [-0.39, 0.29) is 10.8 Å². The van der Waals surface area contributed by atoms with Crippen molar-refractivity contribution in [2.45, 2.75) is 4.90 Å². The average molecular weight is 450 g/mol. The number of carbonyl (C=O) groups excluding carboxylic acids is 1. The molecule has 0 fully saturated rings. The van der Waals surface area contributed by atoms with Crippen molar-refractivity contribution in [2.75, 3.05) is 10.0 Å². The second-order valence-electron chi connectivity index (χ2n) is 7.12. The molecule has 154 valence electrons. The lowest BCUT2D eigenvalue weighted by molar-refractivity contribution is -0.110. The maximum absolute atomic E-state index is 12.7. The van der Waals surface area contributed by atoms with E-state index < -0.39 is 10.0 Å². The SMILES string of the molecule is O=C1Nc2ccc(NS(=O)(=O)c3ccc(Cl)cc3)cc2C1=Cc1c[nH]c2ccccc12. The molecule has 1 aliphatic heterocycles. The van der Waals surface area contributed by atoms with Crippen molar-refractivity contribution in [3.63, 3.8) is 0 Å². The van der Waals surface area contributed by atoms with Gasteiger partial charge in [-0.05, 0) is 54.6 Å². The zero-order chi connectivity index (χ0) is 21.6. The summed E-state index contributed by atoms with van der Waals surface area (Å²) < 4.78 is 28.0. The number of amides is 1. The van der Waals surface area contributed by atoms with Crippen LogP contribution in [0.15, 0.2) is 77.8 Å². The molecule has 8 heteroatoms. The molecule has 5 rings (SSSR count). The number of nitrogens with one attached hydrogen (secondary N) is 3. The molecule has 2 heterocycles. The number of sulfonamides is 1. The van der Waals surface area contributed by atoms with E-state index in [1.165, 1.54) is 24.3 Å². The molecule has 0 saturated heterocycles. The van der Waals surface area contributed by atoms with Crippen molar-refractivity contribution in [1.29, 1.82) is 0 Å². The molecule has 0 unspecified atom stereocenters. The van der Waals surface area contributed by atoms with Crippen LogP contribution in [0.3, 0.4) is 0 Å². The van der Waals surface area contributed by atoms with Gasteiger partial charge in [-0.25, -0.2) is 8.42 Å². The van der Waals surface area contributed by atoms with Crippen LogP contribution in [0.1, 0.15) is 11.1 Å². The Kier molecular flexibility index (Phi) is 4.57. The summed E-state index contributed by atoms with van der Waals surface area (Å²) in [6, 6.07) is 18.7. The van der Waals surface area contributed by atoms with E-state index in [2.05, 4.69) is 15.0 Å². The molecule has 1 amide bonds. The maximum Gasteiger partial charge on any atom is 0.261 e. The Hall–Kier alpha value is -3.55. The van der Waals surface area contributed by atoms with Crippen molar-refractivity contribution in [3.8, 4) is 0 Å². The van der Waals surface area contributed by atoms with Crippen LogP contribution in [0, 0.1) is 0 Å². The number of anilines is 2. The third-order valence-electron chi connectivity index (χ3n) is 5.10. The number of rotatable bonds is 4. The quantitative estimate of drug-likeness (QED) is 0.378. The van der Waals surface area contributed by atoms with Gasteiger partial charge in [0.1, 0.15) is 0 Å². The summed E-state index contributed by atoms with van der Waals surface area (Å²) in [4.78, 5) is 15.9. The van der Waals surface area contributed by atoms with E-state index in [0.29, 0.717) is 27.5 Å². The van der Waals surface area contributed by atoms with Gasteiger partial charge in [-0.3, -0.25) is 9.52 Å². The van der Waals surface area contributed by atoms with Gasteiger partial charge in [-0.1, -0.05) is 29.8 Å². The Morgan fingerprint density at radius 3 is 2.55 bits per heavy atom. The Morgan fingerprint density at radius 1 is 0.968 bits per heavy atom. The van der Waals surface area contributed by atoms with Gasteiger partial charge in [-0.15, -0.1) is 0 Å². The number of hydrogen-bond acceptors (Lipinski definition) is 3. The average Bonchev–Trinajstić information content (AvgIpc) is 3.29. The number of para-hydroxylation sites is 1. The number of halogens is 1. The lowest BCUT2D eigenvalue weighted by Gasteiger charge is -2.09. The molecular weight excluding hydrogens is 434 g/mol. The van der Waals surface area contributed by atoms with E-state index in [1.807, 2.05) is 30.5 Å². The van der Waals surface area contributed by atoms with E-state index in [1.54, 1.807) is 24.3 Å². The fourth-order valence-electron chi connectivity index (χ4n) is 3.59. The summed E-state index contributed by atoms with van der Waals surface area (Å²) in [6.45, 7) is 0. The molecule has 31 heavy (non-hydrogen) atoms. The monoisotopic (exact) mass is 449 g/mol. The predicted octanol–water partition coefficient (Wildman–Crippen LogP) is 5.11. The van der Waals surface area contributed by atoms with Crippen LogP contribution < -0.4 is 10.0 Å². The number of aromatic amines is 1. The van der Waals surface area contributed by atoms with E-state index in [0.717, 1.165) is 16.5 Å². The van der Waals surface area contributed by atoms with E-state index in [9.17, 15) is 13.2 Å². The van der Waals surface area contributed by atoms with Gasteiger partial charge in [0.25, 0.3) is 15.9 Å². The van der Waals surface area contributed by atoms with Crippen LogP contribution in [0.5, 0.6) is 0 Å². The van der Waals surface area contributed by atoms with Crippen LogP contribution >= 0.6 is 11.6 Å². The molecule has 0 spiro atoms. The molecule has 0 bridgehead atoms. The lowest BCUT2D eigenvalue weighted by Crippen LogP contribution is -2.12. The zero-order valence-electron chi connectivity index (χ0n) is 16.0. The van der Waals surface area contributed by atoms with Crippen molar-refractivity contribution >= 4 is 61.5 Å². The first-order valence-corrected chi connectivity index (χ1v) is 11.3. The number of H-pyrrole nitrogens is 1. The molecule has 0 saturated carbocycles. The highest BCUT2D eigenvalue weighted by Gasteiger charge is 2.25. The Bertz CT molecular complexity index is 1470. The molecule has 1 aliphatic rings. The Balaban J connectivity index is 1.52. The highest BCUT2D eigenvalue weighted by molar-refractivity contribution is 7.92. The first-order valence-electron chi connectivity index (χ1n) is 9.43. The number of benzene rings is 3. The molecule has 0 aliphatic carbocycles. The molecule has 3 N–H and O–H groups in total. The van der Waals surface area contributed by atoms with Crippen molar-refractivity contribution < 1.29 is 13.2 Å². The molecule has 0 atom stereocenters. The minimum Gasteiger partial charge on any atom is -0.361 e. The standard InChI is InChI=1S/C23H16ClN3O3S/c24-15-5-8-17(9-6-15)31(29,30)27-16-7-10-22-19(12-16)20(23(28)26-22)11-14-13-25-21-4-2-1-3-18(14)21/h1-13,25,27H,(H,26,28). The normalized spacial score (nSPS) is 14.6. The van der Waals surface area contributed by atoms with Crippen LogP contribution in [0.4, 0.5) is 11.4 Å². The summed E-state index contributed by atoms with van der Waals surface area (Å²) >= 11 is 5.85. The number of fused-ring (bicyclic) bond motifs is 2. The van der Waals surface area contributed by atoms with Crippen molar-refractivity contribution in [3.05, 3.63) is 89.1 Å². The summed E-state index contributed by atoms with van der Waals surface area (Å²) in [7, 11) is -3.80. The number of carbonyl (C=O) groups is 1. The third kappa shape index (κ3) is 3.58. The Morgan fingerprint density at radius 2 is 1.74 bits per heavy atom. The van der Waals surface area contributed by atoms with Crippen molar-refractivity contribution in [2.24, 2.45) is 0 Å². The third-order valence-corrected chi connectivity index (χ3v) is 6.75. The van der Waals surface area contributed by atoms with Crippen LogP contribution in [0.2, 0.25) is 5.02 Å². The minimum atomic E-state index is -3.80. The van der Waals surface area contributed by atoms with Crippen molar-refractivity contribution in [1.82, 2.24) is 4.98 Å². The molecule has 3 aromatic carbocycles. The predicted molar refractivity (Wildman–Crippen MR) is 124 cm³/mol. The Labute approximate surface area is 183 Å². The summed E-state index contributed by atoms with van der Waals surface area (Å²) in [5.74, 6) is -0.238. The molecule has 4 aromatic rings. The van der Waals surface area contributed by atoms with Gasteiger partial charge >= 0.3 is 0 Å². The van der Waals surface area contributed by atoms with Gasteiger partial charge in [-0.2, -0.15) is 0 Å². The second-order valence-corrected chi connectivity index (χ2v) is 9.24.